The summed E-state index contributed by atoms with van der Waals surface area (Å²) in [5.74, 6) is -2.70. The molecule has 0 saturated heterocycles. The number of hydrogen-bond donors (Lipinski definition) is 0. The quantitative estimate of drug-likeness (QED) is 0.686. The Morgan fingerprint density at radius 3 is 2.21 bits per heavy atom. The summed E-state index contributed by atoms with van der Waals surface area (Å²) in [4.78, 5) is 0. The molecule has 0 saturated carbocycles. The van der Waals surface area contributed by atoms with Gasteiger partial charge in [0.05, 0.1) is 6.07 Å². The molecule has 0 atom stereocenters. The Balaban J connectivity index is 2.81. The molecule has 0 bridgehead atoms. The largest absolute Gasteiger partial charge is 0.207 e. The summed E-state index contributed by atoms with van der Waals surface area (Å²) in [5, 5.41) is 8.23. The van der Waals surface area contributed by atoms with Crippen molar-refractivity contribution in [2.75, 3.05) is 0 Å². The van der Waals surface area contributed by atoms with Crippen molar-refractivity contribution in [2.45, 2.75) is 19.3 Å². The average molecular weight is 199 g/mol. The van der Waals surface area contributed by atoms with Gasteiger partial charge in [0.1, 0.15) is 17.5 Å². The predicted molar refractivity (Wildman–Crippen MR) is 44.9 cm³/mol. The molecular weight excluding hydrogens is 191 g/mol. The highest BCUT2D eigenvalue weighted by atomic mass is 19.1. The minimum Gasteiger partial charge on any atom is -0.207 e. The van der Waals surface area contributed by atoms with Gasteiger partial charge in [-0.1, -0.05) is 0 Å². The van der Waals surface area contributed by atoms with Crippen LogP contribution in [0.1, 0.15) is 18.4 Å². The molecule has 0 fully saturated rings. The smallest absolute Gasteiger partial charge is 0.132 e. The van der Waals surface area contributed by atoms with Gasteiger partial charge in [-0.2, -0.15) is 5.26 Å². The lowest BCUT2D eigenvalue weighted by atomic mass is 10.1. The van der Waals surface area contributed by atoms with Gasteiger partial charge in [0.25, 0.3) is 0 Å². The molecular formula is C10H8F3N. The topological polar surface area (TPSA) is 23.8 Å². The molecule has 0 radical (unpaired) electrons. The maximum absolute atomic E-state index is 13.0. The van der Waals surface area contributed by atoms with Crippen LogP contribution in [-0.4, -0.2) is 0 Å². The maximum Gasteiger partial charge on any atom is 0.132 e. The van der Waals surface area contributed by atoms with Gasteiger partial charge in [0, 0.05) is 24.1 Å². The van der Waals surface area contributed by atoms with Crippen LogP contribution in [0, 0.1) is 28.8 Å². The Hall–Kier alpha value is -1.50. The standard InChI is InChI=1S/C10H8F3N/c11-7-5-9(12)8(10(13)6-7)3-1-2-4-14/h5-6H,1-3H2. The summed E-state index contributed by atoms with van der Waals surface area (Å²) in [6.45, 7) is 0. The van der Waals surface area contributed by atoms with Crippen LogP contribution in [0.25, 0.3) is 0 Å². The van der Waals surface area contributed by atoms with Crippen LogP contribution < -0.4 is 0 Å². The van der Waals surface area contributed by atoms with Gasteiger partial charge in [-0.3, -0.25) is 0 Å². The number of hydrogen-bond acceptors (Lipinski definition) is 1. The van der Waals surface area contributed by atoms with Crippen molar-refractivity contribution >= 4 is 0 Å². The van der Waals surface area contributed by atoms with Crippen LogP contribution in [0.4, 0.5) is 13.2 Å². The summed E-state index contributed by atoms with van der Waals surface area (Å²) in [6, 6.07) is 3.16. The molecule has 0 spiro atoms. The van der Waals surface area contributed by atoms with E-state index in [1.165, 1.54) is 0 Å². The predicted octanol–water partition coefficient (Wildman–Crippen LogP) is 2.95. The third-order valence-electron chi connectivity index (χ3n) is 1.82. The summed E-state index contributed by atoms with van der Waals surface area (Å²) in [5.41, 5.74) is -0.151. The first-order valence-electron chi connectivity index (χ1n) is 4.15. The van der Waals surface area contributed by atoms with E-state index in [4.69, 9.17) is 5.26 Å². The first-order chi connectivity index (χ1) is 6.65. The molecule has 0 unspecified atom stereocenters. The van der Waals surface area contributed by atoms with Gasteiger partial charge in [-0.05, 0) is 12.8 Å². The van der Waals surface area contributed by atoms with Crippen LogP contribution in [0.15, 0.2) is 12.1 Å². The highest BCUT2D eigenvalue weighted by Gasteiger charge is 2.10. The Kier molecular flexibility index (Phi) is 3.52. The van der Waals surface area contributed by atoms with Crippen LogP contribution in [0.2, 0.25) is 0 Å². The van der Waals surface area contributed by atoms with Crippen LogP contribution in [-0.2, 0) is 6.42 Å². The number of nitrogens with zero attached hydrogens (tertiary/aromatic N) is 1. The SMILES string of the molecule is N#CCCCc1c(F)cc(F)cc1F. The second kappa shape index (κ2) is 4.66. The maximum atomic E-state index is 13.0. The van der Waals surface area contributed by atoms with Gasteiger partial charge in [0.2, 0.25) is 0 Å². The van der Waals surface area contributed by atoms with E-state index in [-0.39, 0.29) is 18.4 Å². The lowest BCUT2D eigenvalue weighted by molar-refractivity contribution is 0.520. The summed E-state index contributed by atoms with van der Waals surface area (Å²) < 4.78 is 38.4. The molecule has 14 heavy (non-hydrogen) atoms. The van der Waals surface area contributed by atoms with Gasteiger partial charge in [0.15, 0.2) is 0 Å². The first-order valence-corrected chi connectivity index (χ1v) is 4.15. The first kappa shape index (κ1) is 10.6. The number of halogens is 3. The van der Waals surface area contributed by atoms with Gasteiger partial charge >= 0.3 is 0 Å². The molecule has 0 heterocycles. The lowest BCUT2D eigenvalue weighted by Crippen LogP contribution is -1.97. The fourth-order valence-corrected chi connectivity index (χ4v) is 1.16. The second-order valence-corrected chi connectivity index (χ2v) is 2.86. The third kappa shape index (κ3) is 2.49. The van der Waals surface area contributed by atoms with Gasteiger partial charge < -0.3 is 0 Å². The second-order valence-electron chi connectivity index (χ2n) is 2.86. The molecule has 1 aromatic carbocycles. The highest BCUT2D eigenvalue weighted by Crippen LogP contribution is 2.16. The average Bonchev–Trinajstić information content (AvgIpc) is 2.09. The fourth-order valence-electron chi connectivity index (χ4n) is 1.16. The zero-order valence-corrected chi connectivity index (χ0v) is 7.36. The molecule has 0 aliphatic rings. The Morgan fingerprint density at radius 2 is 1.71 bits per heavy atom. The number of nitriles is 1. The molecule has 0 aliphatic heterocycles. The Morgan fingerprint density at radius 1 is 1.14 bits per heavy atom. The molecule has 4 heteroatoms. The normalized spacial score (nSPS) is 9.86. The monoisotopic (exact) mass is 199 g/mol. The van der Waals surface area contributed by atoms with E-state index in [9.17, 15) is 13.2 Å². The molecule has 0 aromatic heterocycles. The third-order valence-corrected chi connectivity index (χ3v) is 1.82. The van der Waals surface area contributed by atoms with Crippen molar-refractivity contribution in [1.29, 1.82) is 5.26 Å². The summed E-state index contributed by atoms with van der Waals surface area (Å²) >= 11 is 0. The number of rotatable bonds is 3. The minimum absolute atomic E-state index is 0.117. The number of benzene rings is 1. The molecule has 1 rings (SSSR count). The Bertz CT molecular complexity index is 345. The molecule has 74 valence electrons. The van der Waals surface area contributed by atoms with Crippen LogP contribution in [0.5, 0.6) is 0 Å². The van der Waals surface area contributed by atoms with Crippen molar-refractivity contribution in [1.82, 2.24) is 0 Å². The molecule has 0 N–H and O–H groups in total. The van der Waals surface area contributed by atoms with E-state index in [0.29, 0.717) is 18.6 Å². The van der Waals surface area contributed by atoms with E-state index < -0.39 is 17.5 Å². The van der Waals surface area contributed by atoms with E-state index in [1.807, 2.05) is 6.07 Å². The summed E-state index contributed by atoms with van der Waals surface area (Å²) in [6.07, 6.45) is 0.720. The van der Waals surface area contributed by atoms with Crippen molar-refractivity contribution in [3.05, 3.63) is 35.1 Å². The fraction of sp³-hybridized carbons (Fsp3) is 0.300. The summed E-state index contributed by atoms with van der Waals surface area (Å²) in [7, 11) is 0. The molecule has 1 nitrogen and oxygen atoms in total. The number of unbranched alkanes of at least 4 members (excludes halogenated alkanes) is 1. The lowest BCUT2D eigenvalue weighted by Gasteiger charge is -2.03. The molecule has 1 aromatic rings. The molecule has 0 amide bonds. The van der Waals surface area contributed by atoms with Crippen molar-refractivity contribution in [3.8, 4) is 6.07 Å². The zero-order chi connectivity index (χ0) is 10.6. The van der Waals surface area contributed by atoms with Gasteiger partial charge in [-0.15, -0.1) is 0 Å². The van der Waals surface area contributed by atoms with E-state index in [2.05, 4.69) is 0 Å². The van der Waals surface area contributed by atoms with Crippen molar-refractivity contribution in [2.24, 2.45) is 0 Å². The zero-order valence-electron chi connectivity index (χ0n) is 7.36. The van der Waals surface area contributed by atoms with Crippen LogP contribution >= 0.6 is 0 Å². The van der Waals surface area contributed by atoms with E-state index in [0.717, 1.165) is 0 Å². The molecule has 0 aliphatic carbocycles. The van der Waals surface area contributed by atoms with Gasteiger partial charge in [-0.25, -0.2) is 13.2 Å². The van der Waals surface area contributed by atoms with E-state index >= 15 is 0 Å². The minimum atomic E-state index is -0.927. The highest BCUT2D eigenvalue weighted by molar-refractivity contribution is 5.20. The van der Waals surface area contributed by atoms with Crippen molar-refractivity contribution in [3.63, 3.8) is 0 Å². The Labute approximate surface area is 79.8 Å². The van der Waals surface area contributed by atoms with Crippen molar-refractivity contribution < 1.29 is 13.2 Å². The van der Waals surface area contributed by atoms with E-state index in [1.54, 1.807) is 0 Å². The van der Waals surface area contributed by atoms with Crippen LogP contribution in [0.3, 0.4) is 0 Å².